The smallest absolute Gasteiger partial charge is 0.332 e. The fourth-order valence-corrected chi connectivity index (χ4v) is 3.22. The zero-order valence-corrected chi connectivity index (χ0v) is 14.2. The van der Waals surface area contributed by atoms with Crippen LogP contribution in [0.4, 0.5) is 0 Å². The van der Waals surface area contributed by atoms with Crippen LogP contribution in [0.2, 0.25) is 5.02 Å². The minimum atomic E-state index is -1.07. The Kier molecular flexibility index (Phi) is 5.27. The summed E-state index contributed by atoms with van der Waals surface area (Å²) in [5, 5.41) is 29.1. The van der Waals surface area contributed by atoms with Gasteiger partial charge < -0.3 is 20.1 Å². The maximum atomic E-state index is 11.2. The van der Waals surface area contributed by atoms with Gasteiger partial charge >= 0.3 is 5.97 Å². The van der Waals surface area contributed by atoms with Gasteiger partial charge in [0.2, 0.25) is 0 Å². The van der Waals surface area contributed by atoms with Crippen molar-refractivity contribution in [3.8, 4) is 5.75 Å². The number of aliphatic hydroxyl groups is 1. The first-order valence-electron chi connectivity index (χ1n) is 8.05. The zero-order valence-electron chi connectivity index (χ0n) is 13.4. The standard InChI is InChI=1S/C19H19ClO5/c20-16-6-3-12(17-9-15(22)10-18(25-17)19(23)24)8-13(16)7-11-1-4-14(21)5-2-11/h1-6,8,15,17-18,21-22H,7,9-10H2,(H,23,24). The van der Waals surface area contributed by atoms with Gasteiger partial charge in [0.25, 0.3) is 0 Å². The molecule has 1 fully saturated rings. The number of phenolic OH excluding ortho intramolecular Hbond substituents is 1. The Bertz CT molecular complexity index is 759. The maximum absolute atomic E-state index is 11.2. The van der Waals surface area contributed by atoms with Gasteiger partial charge in [-0.15, -0.1) is 0 Å². The Morgan fingerprint density at radius 2 is 1.88 bits per heavy atom. The van der Waals surface area contributed by atoms with E-state index in [1.54, 1.807) is 24.3 Å². The minimum absolute atomic E-state index is 0.0970. The van der Waals surface area contributed by atoms with Crippen LogP contribution in [-0.4, -0.2) is 33.5 Å². The number of ether oxygens (including phenoxy) is 1. The molecule has 0 saturated carbocycles. The number of carbonyl (C=O) groups is 1. The molecule has 3 unspecified atom stereocenters. The van der Waals surface area contributed by atoms with E-state index in [0.717, 1.165) is 16.7 Å². The number of hydrogen-bond donors (Lipinski definition) is 3. The second kappa shape index (κ2) is 7.44. The summed E-state index contributed by atoms with van der Waals surface area (Å²) in [7, 11) is 0. The highest BCUT2D eigenvalue weighted by Crippen LogP contribution is 2.34. The summed E-state index contributed by atoms with van der Waals surface area (Å²) in [4.78, 5) is 11.2. The Balaban J connectivity index is 1.83. The van der Waals surface area contributed by atoms with E-state index in [1.807, 2.05) is 18.2 Å². The highest BCUT2D eigenvalue weighted by Gasteiger charge is 2.33. The topological polar surface area (TPSA) is 87.0 Å². The molecule has 0 amide bonds. The SMILES string of the molecule is O=C(O)C1CC(O)CC(c2ccc(Cl)c(Cc3ccc(O)cc3)c2)O1. The molecule has 3 N–H and O–H groups in total. The van der Waals surface area contributed by atoms with Crippen molar-refractivity contribution in [1.29, 1.82) is 0 Å². The predicted molar refractivity (Wildman–Crippen MR) is 92.9 cm³/mol. The molecule has 3 atom stereocenters. The van der Waals surface area contributed by atoms with Crippen molar-refractivity contribution in [1.82, 2.24) is 0 Å². The molecule has 1 aliphatic rings. The van der Waals surface area contributed by atoms with Gasteiger partial charge in [-0.1, -0.05) is 35.9 Å². The average molecular weight is 363 g/mol. The molecule has 0 aromatic heterocycles. The minimum Gasteiger partial charge on any atom is -0.508 e. The first kappa shape index (κ1) is 17.7. The van der Waals surface area contributed by atoms with E-state index in [0.29, 0.717) is 17.9 Å². The summed E-state index contributed by atoms with van der Waals surface area (Å²) >= 11 is 6.29. The Morgan fingerprint density at radius 1 is 1.16 bits per heavy atom. The molecule has 1 heterocycles. The number of rotatable bonds is 4. The number of benzene rings is 2. The molecule has 25 heavy (non-hydrogen) atoms. The summed E-state index contributed by atoms with van der Waals surface area (Å²) in [6.07, 6.45) is -1.18. The second-order valence-electron chi connectivity index (χ2n) is 6.27. The molecule has 5 nitrogen and oxygen atoms in total. The summed E-state index contributed by atoms with van der Waals surface area (Å²) in [6, 6.07) is 12.3. The monoisotopic (exact) mass is 362 g/mol. The Hall–Kier alpha value is -2.08. The van der Waals surface area contributed by atoms with Gasteiger partial charge in [-0.25, -0.2) is 4.79 Å². The Morgan fingerprint density at radius 3 is 2.56 bits per heavy atom. The van der Waals surface area contributed by atoms with Crippen LogP contribution in [0.1, 0.15) is 35.6 Å². The van der Waals surface area contributed by atoms with Crippen molar-refractivity contribution in [3.05, 3.63) is 64.2 Å². The second-order valence-corrected chi connectivity index (χ2v) is 6.68. The number of carboxylic acid groups (broad SMARTS) is 1. The molecule has 0 spiro atoms. The van der Waals surface area contributed by atoms with Crippen molar-refractivity contribution < 1.29 is 24.9 Å². The summed E-state index contributed by atoms with van der Waals surface area (Å²) in [5.41, 5.74) is 2.66. The highest BCUT2D eigenvalue weighted by atomic mass is 35.5. The molecule has 6 heteroatoms. The number of aromatic hydroxyl groups is 1. The van der Waals surface area contributed by atoms with Crippen molar-refractivity contribution in [2.45, 2.75) is 37.6 Å². The zero-order chi connectivity index (χ0) is 18.0. The van der Waals surface area contributed by atoms with E-state index in [-0.39, 0.29) is 12.2 Å². The van der Waals surface area contributed by atoms with Gasteiger partial charge in [0, 0.05) is 17.9 Å². The van der Waals surface area contributed by atoms with Gasteiger partial charge in [-0.05, 0) is 41.3 Å². The highest BCUT2D eigenvalue weighted by molar-refractivity contribution is 6.31. The lowest BCUT2D eigenvalue weighted by Crippen LogP contribution is -2.36. The normalized spacial score (nSPS) is 23.4. The van der Waals surface area contributed by atoms with Crippen LogP contribution in [0.3, 0.4) is 0 Å². The number of hydrogen-bond acceptors (Lipinski definition) is 4. The summed E-state index contributed by atoms with van der Waals surface area (Å²) in [6.45, 7) is 0. The van der Waals surface area contributed by atoms with Crippen molar-refractivity contribution in [2.24, 2.45) is 0 Å². The van der Waals surface area contributed by atoms with Crippen LogP contribution in [-0.2, 0) is 16.0 Å². The van der Waals surface area contributed by atoms with Crippen LogP contribution in [0, 0.1) is 0 Å². The van der Waals surface area contributed by atoms with Gasteiger partial charge in [0.15, 0.2) is 6.10 Å². The number of aliphatic carboxylic acids is 1. The van der Waals surface area contributed by atoms with E-state index < -0.39 is 24.3 Å². The third kappa shape index (κ3) is 4.31. The fraction of sp³-hybridized carbons (Fsp3) is 0.316. The predicted octanol–water partition coefficient (Wildman–Crippen LogP) is 3.30. The lowest BCUT2D eigenvalue weighted by Gasteiger charge is -2.31. The largest absolute Gasteiger partial charge is 0.508 e. The molecule has 0 aliphatic carbocycles. The molecule has 1 aliphatic heterocycles. The molecule has 2 aromatic rings. The third-order valence-corrected chi connectivity index (χ3v) is 4.72. The van der Waals surface area contributed by atoms with Crippen molar-refractivity contribution in [3.63, 3.8) is 0 Å². The van der Waals surface area contributed by atoms with Crippen LogP contribution in [0.25, 0.3) is 0 Å². The third-order valence-electron chi connectivity index (χ3n) is 4.35. The molecule has 0 radical (unpaired) electrons. The number of carboxylic acids is 1. The molecule has 132 valence electrons. The van der Waals surface area contributed by atoms with E-state index in [2.05, 4.69) is 0 Å². The molecule has 0 bridgehead atoms. The molecule has 3 rings (SSSR count). The average Bonchev–Trinajstić information content (AvgIpc) is 2.58. The van der Waals surface area contributed by atoms with E-state index in [1.165, 1.54) is 0 Å². The number of phenols is 1. The van der Waals surface area contributed by atoms with Crippen LogP contribution >= 0.6 is 11.6 Å². The van der Waals surface area contributed by atoms with Gasteiger partial charge in [0.1, 0.15) is 5.75 Å². The lowest BCUT2D eigenvalue weighted by molar-refractivity contribution is -0.166. The maximum Gasteiger partial charge on any atom is 0.332 e. The van der Waals surface area contributed by atoms with Crippen molar-refractivity contribution >= 4 is 17.6 Å². The number of aliphatic hydroxyl groups excluding tert-OH is 1. The van der Waals surface area contributed by atoms with E-state index in [4.69, 9.17) is 21.4 Å². The van der Waals surface area contributed by atoms with E-state index in [9.17, 15) is 15.0 Å². The van der Waals surface area contributed by atoms with Gasteiger partial charge in [-0.3, -0.25) is 0 Å². The van der Waals surface area contributed by atoms with Gasteiger partial charge in [-0.2, -0.15) is 0 Å². The first-order valence-corrected chi connectivity index (χ1v) is 8.42. The van der Waals surface area contributed by atoms with Crippen LogP contribution in [0.5, 0.6) is 5.75 Å². The van der Waals surface area contributed by atoms with Crippen LogP contribution in [0.15, 0.2) is 42.5 Å². The fourth-order valence-electron chi connectivity index (χ4n) is 3.04. The van der Waals surface area contributed by atoms with E-state index >= 15 is 0 Å². The molecule has 2 aromatic carbocycles. The molecule has 1 saturated heterocycles. The Labute approximate surface area is 150 Å². The number of halogens is 1. The summed E-state index contributed by atoms with van der Waals surface area (Å²) < 4.78 is 5.63. The molecular formula is C19H19ClO5. The lowest BCUT2D eigenvalue weighted by atomic mass is 9.94. The molecular weight excluding hydrogens is 344 g/mol. The van der Waals surface area contributed by atoms with Crippen molar-refractivity contribution in [2.75, 3.05) is 0 Å². The first-order chi connectivity index (χ1) is 11.9. The summed E-state index contributed by atoms with van der Waals surface area (Å²) in [5.74, 6) is -0.866. The van der Waals surface area contributed by atoms with Crippen LogP contribution < -0.4 is 0 Å². The quantitative estimate of drug-likeness (QED) is 0.776. The van der Waals surface area contributed by atoms with Gasteiger partial charge in [0.05, 0.1) is 12.2 Å².